The van der Waals surface area contributed by atoms with Crippen LogP contribution in [0.1, 0.15) is 5.56 Å². The Morgan fingerprint density at radius 2 is 1.86 bits per heavy atom. The number of thiophene rings is 1. The number of nitrogens with zero attached hydrogens (tertiary/aromatic N) is 2. The molecule has 5 nitrogen and oxygen atoms in total. The molecule has 2 aromatic heterocycles. The van der Waals surface area contributed by atoms with Crippen LogP contribution in [-0.2, 0) is 17.8 Å². The van der Waals surface area contributed by atoms with Gasteiger partial charge in [0.2, 0.25) is 5.91 Å². The molecule has 2 aromatic carbocycles. The predicted molar refractivity (Wildman–Crippen MR) is 112 cm³/mol. The lowest BCUT2D eigenvalue weighted by Gasteiger charge is -2.08. The van der Waals surface area contributed by atoms with Gasteiger partial charge in [0, 0.05) is 17.5 Å². The zero-order valence-corrected chi connectivity index (χ0v) is 16.3. The molecule has 0 unspecified atom stereocenters. The maximum atomic E-state index is 13.2. The van der Waals surface area contributed by atoms with Gasteiger partial charge in [0.15, 0.2) is 0 Å². The molecule has 0 aliphatic rings. The Kier molecular flexibility index (Phi) is 5.48. The van der Waals surface area contributed by atoms with Crippen molar-refractivity contribution in [3.8, 4) is 11.1 Å². The second kappa shape index (κ2) is 8.36. The summed E-state index contributed by atoms with van der Waals surface area (Å²) in [5.74, 6) is -0.585. The smallest absolute Gasteiger partial charge is 0.263 e. The summed E-state index contributed by atoms with van der Waals surface area (Å²) in [5, 5.41) is 5.11. The van der Waals surface area contributed by atoms with Gasteiger partial charge in [0.25, 0.3) is 5.56 Å². The Morgan fingerprint density at radius 3 is 2.62 bits per heavy atom. The zero-order chi connectivity index (χ0) is 20.2. The molecule has 1 N–H and O–H groups in total. The summed E-state index contributed by atoms with van der Waals surface area (Å²) in [5.41, 5.74) is 2.28. The van der Waals surface area contributed by atoms with Crippen molar-refractivity contribution in [3.63, 3.8) is 0 Å². The van der Waals surface area contributed by atoms with E-state index < -0.39 is 0 Å². The molecule has 0 atom stereocenters. The molecule has 0 fully saturated rings. The Labute approximate surface area is 170 Å². The van der Waals surface area contributed by atoms with Crippen molar-refractivity contribution in [2.75, 3.05) is 6.54 Å². The Hall–Kier alpha value is -3.32. The number of hydrogen-bond donors (Lipinski definition) is 1. The summed E-state index contributed by atoms with van der Waals surface area (Å²) < 4.78 is 14.5. The average Bonchev–Trinajstić information content (AvgIpc) is 3.16. The van der Waals surface area contributed by atoms with Crippen molar-refractivity contribution in [2.24, 2.45) is 0 Å². The number of carbonyl (C=O) groups is 1. The monoisotopic (exact) mass is 407 g/mol. The first-order valence-electron chi connectivity index (χ1n) is 9.15. The molecule has 0 bridgehead atoms. The van der Waals surface area contributed by atoms with Gasteiger partial charge >= 0.3 is 0 Å². The quantitative estimate of drug-likeness (QED) is 0.531. The normalized spacial score (nSPS) is 10.9. The molecule has 4 aromatic rings. The molecule has 0 aliphatic carbocycles. The maximum absolute atomic E-state index is 13.2. The highest BCUT2D eigenvalue weighted by Crippen LogP contribution is 2.30. The Balaban J connectivity index is 1.51. The molecule has 0 radical (unpaired) electrons. The van der Waals surface area contributed by atoms with Crippen LogP contribution in [0.5, 0.6) is 0 Å². The van der Waals surface area contributed by atoms with E-state index in [2.05, 4.69) is 10.3 Å². The lowest BCUT2D eigenvalue weighted by atomic mass is 10.1. The van der Waals surface area contributed by atoms with E-state index in [4.69, 9.17) is 0 Å². The van der Waals surface area contributed by atoms with Crippen LogP contribution < -0.4 is 10.9 Å². The Morgan fingerprint density at radius 1 is 1.10 bits per heavy atom. The Bertz CT molecular complexity index is 1200. The number of aromatic nitrogens is 2. The van der Waals surface area contributed by atoms with E-state index in [0.29, 0.717) is 22.3 Å². The number of rotatable bonds is 6. The van der Waals surface area contributed by atoms with E-state index in [1.165, 1.54) is 34.4 Å². The molecular formula is C22H18FN3O2S. The van der Waals surface area contributed by atoms with Crippen LogP contribution in [-0.4, -0.2) is 22.0 Å². The molecule has 1 amide bonds. The molecule has 7 heteroatoms. The minimum atomic E-state index is -0.337. The molecule has 2 heterocycles. The fourth-order valence-corrected chi connectivity index (χ4v) is 4.03. The molecule has 0 spiro atoms. The highest BCUT2D eigenvalue weighted by molar-refractivity contribution is 7.17. The molecule has 4 rings (SSSR count). The third-order valence-corrected chi connectivity index (χ3v) is 5.49. The number of hydrogen-bond acceptors (Lipinski definition) is 4. The standard InChI is InChI=1S/C22H18FN3O2S/c23-17-8-6-16(7-9-17)18-13-29-21-20(18)22(28)26(14-25-21)12-19(27)24-11-10-15-4-2-1-3-5-15/h1-9,13-14H,10-12H2,(H,24,27). The van der Waals surface area contributed by atoms with Gasteiger partial charge in [-0.05, 0) is 29.7 Å². The van der Waals surface area contributed by atoms with Crippen molar-refractivity contribution < 1.29 is 9.18 Å². The first kappa shape index (κ1) is 19.0. The maximum Gasteiger partial charge on any atom is 0.263 e. The number of fused-ring (bicyclic) bond motifs is 1. The van der Waals surface area contributed by atoms with Gasteiger partial charge in [-0.15, -0.1) is 11.3 Å². The molecule has 0 saturated carbocycles. The molecule has 0 saturated heterocycles. The number of amides is 1. The van der Waals surface area contributed by atoms with Crippen LogP contribution in [0.25, 0.3) is 21.3 Å². The highest BCUT2D eigenvalue weighted by atomic mass is 32.1. The highest BCUT2D eigenvalue weighted by Gasteiger charge is 2.14. The average molecular weight is 407 g/mol. The first-order valence-corrected chi connectivity index (χ1v) is 10.0. The van der Waals surface area contributed by atoms with Crippen LogP contribution in [0.4, 0.5) is 4.39 Å². The summed E-state index contributed by atoms with van der Waals surface area (Å²) >= 11 is 1.35. The van der Waals surface area contributed by atoms with E-state index in [9.17, 15) is 14.0 Å². The largest absolute Gasteiger partial charge is 0.354 e. The molecule has 146 valence electrons. The summed E-state index contributed by atoms with van der Waals surface area (Å²) in [7, 11) is 0. The second-order valence-electron chi connectivity index (χ2n) is 6.60. The fourth-order valence-electron chi connectivity index (χ4n) is 3.12. The van der Waals surface area contributed by atoms with Gasteiger partial charge in [-0.2, -0.15) is 0 Å². The number of carbonyl (C=O) groups excluding carboxylic acids is 1. The van der Waals surface area contributed by atoms with Gasteiger partial charge in [-0.1, -0.05) is 42.5 Å². The summed E-state index contributed by atoms with van der Waals surface area (Å²) in [6.07, 6.45) is 2.12. The lowest BCUT2D eigenvalue weighted by Crippen LogP contribution is -2.33. The van der Waals surface area contributed by atoms with E-state index in [1.807, 2.05) is 35.7 Å². The summed E-state index contributed by atoms with van der Waals surface area (Å²) in [6, 6.07) is 15.8. The van der Waals surface area contributed by atoms with Gasteiger partial charge in [0.05, 0.1) is 11.7 Å². The lowest BCUT2D eigenvalue weighted by molar-refractivity contribution is -0.121. The van der Waals surface area contributed by atoms with Gasteiger partial charge in [0.1, 0.15) is 17.2 Å². The minimum Gasteiger partial charge on any atom is -0.354 e. The minimum absolute atomic E-state index is 0.102. The van der Waals surface area contributed by atoms with Crippen LogP contribution in [0.3, 0.4) is 0 Å². The fraction of sp³-hybridized carbons (Fsp3) is 0.136. The molecular weight excluding hydrogens is 389 g/mol. The number of halogens is 1. The second-order valence-corrected chi connectivity index (χ2v) is 7.46. The number of nitrogens with one attached hydrogen (secondary N) is 1. The SMILES string of the molecule is O=C(Cn1cnc2scc(-c3ccc(F)cc3)c2c1=O)NCCc1ccccc1. The van der Waals surface area contributed by atoms with Gasteiger partial charge in [-0.25, -0.2) is 9.37 Å². The predicted octanol–water partition coefficient (Wildman–Crippen LogP) is 3.62. The van der Waals surface area contributed by atoms with Crippen molar-refractivity contribution in [1.29, 1.82) is 0 Å². The van der Waals surface area contributed by atoms with Gasteiger partial charge in [-0.3, -0.25) is 14.2 Å². The summed E-state index contributed by atoms with van der Waals surface area (Å²) in [4.78, 5) is 30.1. The van der Waals surface area contributed by atoms with E-state index >= 15 is 0 Å². The summed E-state index contributed by atoms with van der Waals surface area (Å²) in [6.45, 7) is 0.391. The van der Waals surface area contributed by atoms with E-state index in [1.54, 1.807) is 12.1 Å². The van der Waals surface area contributed by atoms with Crippen LogP contribution >= 0.6 is 11.3 Å². The van der Waals surface area contributed by atoms with Crippen molar-refractivity contribution in [3.05, 3.63) is 88.0 Å². The third kappa shape index (κ3) is 4.25. The number of benzene rings is 2. The van der Waals surface area contributed by atoms with E-state index in [-0.39, 0.29) is 23.8 Å². The zero-order valence-electron chi connectivity index (χ0n) is 15.5. The van der Waals surface area contributed by atoms with Crippen LogP contribution in [0.15, 0.2) is 71.1 Å². The van der Waals surface area contributed by atoms with Crippen molar-refractivity contribution in [1.82, 2.24) is 14.9 Å². The van der Waals surface area contributed by atoms with Crippen molar-refractivity contribution >= 4 is 27.5 Å². The third-order valence-electron chi connectivity index (χ3n) is 4.61. The van der Waals surface area contributed by atoms with Crippen LogP contribution in [0.2, 0.25) is 0 Å². The topological polar surface area (TPSA) is 64.0 Å². The van der Waals surface area contributed by atoms with E-state index in [0.717, 1.165) is 17.5 Å². The van der Waals surface area contributed by atoms with Gasteiger partial charge < -0.3 is 5.32 Å². The van der Waals surface area contributed by atoms with Crippen LogP contribution in [0, 0.1) is 5.82 Å². The van der Waals surface area contributed by atoms with Crippen molar-refractivity contribution in [2.45, 2.75) is 13.0 Å². The molecule has 29 heavy (non-hydrogen) atoms. The molecule has 0 aliphatic heterocycles. The first-order chi connectivity index (χ1) is 14.1.